The van der Waals surface area contributed by atoms with E-state index >= 15 is 0 Å². The zero-order chi connectivity index (χ0) is 19.4. The van der Waals surface area contributed by atoms with Gasteiger partial charge in [-0.25, -0.2) is 5.43 Å². The van der Waals surface area contributed by atoms with Crippen molar-refractivity contribution < 1.29 is 9.72 Å². The SMILES string of the molecule is Cc1cn(-c2ccccc2)c(Cl)c1C=NNC(=O)c1ccc([N+](=O)[O-])cc1. The van der Waals surface area contributed by atoms with Crippen LogP contribution in [0.3, 0.4) is 0 Å². The second-order valence-electron chi connectivity index (χ2n) is 5.73. The highest BCUT2D eigenvalue weighted by Crippen LogP contribution is 2.24. The molecule has 1 N–H and O–H groups in total. The third kappa shape index (κ3) is 4.04. The van der Waals surface area contributed by atoms with Gasteiger partial charge in [-0.3, -0.25) is 14.9 Å². The van der Waals surface area contributed by atoms with Crippen LogP contribution in [0.2, 0.25) is 5.15 Å². The molecule has 0 atom stereocenters. The largest absolute Gasteiger partial charge is 0.307 e. The molecule has 3 rings (SSSR count). The number of nitro benzene ring substituents is 1. The van der Waals surface area contributed by atoms with Crippen LogP contribution in [0.5, 0.6) is 0 Å². The van der Waals surface area contributed by atoms with E-state index < -0.39 is 10.8 Å². The number of nitro groups is 1. The highest BCUT2D eigenvalue weighted by Gasteiger charge is 2.12. The van der Waals surface area contributed by atoms with Gasteiger partial charge < -0.3 is 4.57 Å². The van der Waals surface area contributed by atoms with Crippen LogP contribution in [0, 0.1) is 17.0 Å². The monoisotopic (exact) mass is 382 g/mol. The highest BCUT2D eigenvalue weighted by atomic mass is 35.5. The standard InChI is InChI=1S/C19H15ClN4O3/c1-13-12-23(15-5-3-2-4-6-15)18(20)17(13)11-21-22-19(25)14-7-9-16(10-8-14)24(26)27/h2-12H,1H3,(H,22,25). The van der Waals surface area contributed by atoms with E-state index in [1.807, 2.05) is 48.0 Å². The number of aryl methyl sites for hydroxylation is 1. The molecule has 0 aliphatic heterocycles. The average Bonchev–Trinajstić information content (AvgIpc) is 2.97. The van der Waals surface area contributed by atoms with Gasteiger partial charge in [-0.2, -0.15) is 5.10 Å². The first-order chi connectivity index (χ1) is 13.0. The van der Waals surface area contributed by atoms with Crippen LogP contribution in [-0.2, 0) is 0 Å². The van der Waals surface area contributed by atoms with Crippen molar-refractivity contribution in [3.05, 3.63) is 92.8 Å². The molecule has 0 spiro atoms. The fourth-order valence-corrected chi connectivity index (χ4v) is 2.84. The molecule has 27 heavy (non-hydrogen) atoms. The summed E-state index contributed by atoms with van der Waals surface area (Å²) >= 11 is 6.44. The lowest BCUT2D eigenvalue weighted by molar-refractivity contribution is -0.384. The van der Waals surface area contributed by atoms with E-state index in [1.165, 1.54) is 30.5 Å². The van der Waals surface area contributed by atoms with Gasteiger partial charge in [0.2, 0.25) is 0 Å². The summed E-state index contributed by atoms with van der Waals surface area (Å²) in [5.74, 6) is -0.475. The van der Waals surface area contributed by atoms with Gasteiger partial charge in [0.05, 0.1) is 11.1 Å². The first kappa shape index (κ1) is 18.3. The molecule has 0 bridgehead atoms. The Morgan fingerprint density at radius 2 is 1.85 bits per heavy atom. The number of benzene rings is 2. The number of carbonyl (C=O) groups excluding carboxylic acids is 1. The number of carbonyl (C=O) groups is 1. The highest BCUT2D eigenvalue weighted by molar-refractivity contribution is 6.32. The maximum Gasteiger partial charge on any atom is 0.271 e. The van der Waals surface area contributed by atoms with E-state index in [0.29, 0.717) is 10.7 Å². The van der Waals surface area contributed by atoms with Gasteiger partial charge in [-0.15, -0.1) is 0 Å². The molecule has 0 unspecified atom stereocenters. The quantitative estimate of drug-likeness (QED) is 0.409. The molecule has 8 heteroatoms. The van der Waals surface area contributed by atoms with E-state index in [2.05, 4.69) is 10.5 Å². The number of halogens is 1. The predicted octanol–water partition coefficient (Wildman–Crippen LogP) is 4.11. The maximum absolute atomic E-state index is 12.1. The van der Waals surface area contributed by atoms with Crippen LogP contribution >= 0.6 is 11.6 Å². The van der Waals surface area contributed by atoms with Crippen LogP contribution in [-0.4, -0.2) is 21.6 Å². The number of aromatic nitrogens is 1. The topological polar surface area (TPSA) is 89.5 Å². The van der Waals surface area contributed by atoms with Gasteiger partial charge in [0.15, 0.2) is 0 Å². The summed E-state index contributed by atoms with van der Waals surface area (Å²) < 4.78 is 1.83. The van der Waals surface area contributed by atoms with Gasteiger partial charge in [-0.1, -0.05) is 29.8 Å². The van der Waals surface area contributed by atoms with Crippen LogP contribution < -0.4 is 5.43 Å². The molecule has 0 saturated heterocycles. The van der Waals surface area contributed by atoms with E-state index in [4.69, 9.17) is 11.6 Å². The summed E-state index contributed by atoms with van der Waals surface area (Å²) in [5.41, 5.74) is 5.08. The zero-order valence-electron chi connectivity index (χ0n) is 14.3. The van der Waals surface area contributed by atoms with E-state index in [9.17, 15) is 14.9 Å². The van der Waals surface area contributed by atoms with Crippen molar-refractivity contribution in [3.8, 4) is 5.69 Å². The van der Waals surface area contributed by atoms with Crippen molar-refractivity contribution in [3.63, 3.8) is 0 Å². The number of nitrogens with zero attached hydrogens (tertiary/aromatic N) is 3. The minimum Gasteiger partial charge on any atom is -0.307 e. The molecule has 2 aromatic carbocycles. The predicted molar refractivity (Wildman–Crippen MR) is 104 cm³/mol. The molecule has 0 radical (unpaired) electrons. The Morgan fingerprint density at radius 1 is 1.19 bits per heavy atom. The minimum absolute atomic E-state index is 0.0836. The smallest absolute Gasteiger partial charge is 0.271 e. The number of hydrogen-bond acceptors (Lipinski definition) is 4. The lowest BCUT2D eigenvalue weighted by Gasteiger charge is -2.04. The molecule has 136 valence electrons. The Kier molecular flexibility index (Phi) is 5.33. The number of rotatable bonds is 5. The van der Waals surface area contributed by atoms with Crippen molar-refractivity contribution >= 4 is 29.4 Å². The number of nitrogens with one attached hydrogen (secondary N) is 1. The Bertz CT molecular complexity index is 1010. The van der Waals surface area contributed by atoms with Gasteiger partial charge in [0.1, 0.15) is 5.15 Å². The molecule has 3 aromatic rings. The van der Waals surface area contributed by atoms with Crippen molar-refractivity contribution in [1.82, 2.24) is 9.99 Å². The first-order valence-electron chi connectivity index (χ1n) is 7.98. The van der Waals surface area contributed by atoms with Crippen molar-refractivity contribution in [1.29, 1.82) is 0 Å². The second kappa shape index (κ2) is 7.84. The first-order valence-corrected chi connectivity index (χ1v) is 8.36. The molecule has 1 amide bonds. The van der Waals surface area contributed by atoms with Gasteiger partial charge in [-0.05, 0) is 36.8 Å². The normalized spacial score (nSPS) is 10.9. The molecule has 0 aliphatic carbocycles. The number of amides is 1. The summed E-state index contributed by atoms with van der Waals surface area (Å²) in [7, 11) is 0. The molecule has 1 heterocycles. The molecule has 1 aromatic heterocycles. The zero-order valence-corrected chi connectivity index (χ0v) is 15.1. The number of para-hydroxylation sites is 1. The minimum atomic E-state index is -0.526. The second-order valence-corrected chi connectivity index (χ2v) is 6.08. The van der Waals surface area contributed by atoms with Gasteiger partial charge >= 0.3 is 0 Å². The van der Waals surface area contributed by atoms with Crippen molar-refractivity contribution in [2.24, 2.45) is 5.10 Å². The Labute approximate surface area is 160 Å². The Balaban J connectivity index is 1.74. The Hall–Kier alpha value is -3.45. The summed E-state index contributed by atoms with van der Waals surface area (Å²) in [4.78, 5) is 22.2. The van der Waals surface area contributed by atoms with Crippen LogP contribution in [0.1, 0.15) is 21.5 Å². The molecule has 0 saturated carbocycles. The summed E-state index contributed by atoms with van der Waals surface area (Å²) in [6.45, 7) is 1.89. The summed E-state index contributed by atoms with van der Waals surface area (Å²) in [6, 6.07) is 14.9. The number of hydrazone groups is 1. The van der Waals surface area contributed by atoms with E-state index in [0.717, 1.165) is 11.3 Å². The molecule has 0 aliphatic rings. The Morgan fingerprint density at radius 3 is 2.48 bits per heavy atom. The molecule has 7 nitrogen and oxygen atoms in total. The van der Waals surface area contributed by atoms with Crippen LogP contribution in [0.4, 0.5) is 5.69 Å². The lowest BCUT2D eigenvalue weighted by atomic mass is 10.2. The molecular weight excluding hydrogens is 368 g/mol. The number of non-ortho nitro benzene ring substituents is 1. The fourth-order valence-electron chi connectivity index (χ4n) is 2.50. The van der Waals surface area contributed by atoms with Gasteiger partial charge in [0.25, 0.3) is 11.6 Å². The number of hydrogen-bond donors (Lipinski definition) is 1. The molecular formula is C19H15ClN4O3. The summed E-state index contributed by atoms with van der Waals surface area (Å²) in [5, 5.41) is 15.1. The van der Waals surface area contributed by atoms with E-state index in [1.54, 1.807) is 0 Å². The third-order valence-electron chi connectivity index (χ3n) is 3.92. The van der Waals surface area contributed by atoms with Crippen molar-refractivity contribution in [2.75, 3.05) is 0 Å². The average molecular weight is 383 g/mol. The van der Waals surface area contributed by atoms with Crippen LogP contribution in [0.25, 0.3) is 5.69 Å². The fraction of sp³-hybridized carbons (Fsp3) is 0.0526. The van der Waals surface area contributed by atoms with Crippen molar-refractivity contribution in [2.45, 2.75) is 6.92 Å². The summed E-state index contributed by atoms with van der Waals surface area (Å²) in [6.07, 6.45) is 3.36. The maximum atomic E-state index is 12.1. The van der Waals surface area contributed by atoms with Crippen LogP contribution in [0.15, 0.2) is 65.9 Å². The van der Waals surface area contributed by atoms with Gasteiger partial charge in [0, 0.05) is 35.1 Å². The van der Waals surface area contributed by atoms with E-state index in [-0.39, 0.29) is 11.3 Å². The third-order valence-corrected chi connectivity index (χ3v) is 4.30. The lowest BCUT2D eigenvalue weighted by Crippen LogP contribution is -2.17. The molecule has 0 fully saturated rings.